The molecule has 7 heteroatoms. The molecule has 0 aromatic heterocycles. The van der Waals surface area contributed by atoms with Crippen LogP contribution in [0.15, 0.2) is 18.2 Å². The number of nitro groups is 1. The fourth-order valence-corrected chi connectivity index (χ4v) is 1.80. The van der Waals surface area contributed by atoms with E-state index >= 15 is 0 Å². The molecule has 114 valence electrons. The number of nitrogens with zero attached hydrogens (tertiary/aromatic N) is 2. The second-order valence-electron chi connectivity index (χ2n) is 4.38. The second kappa shape index (κ2) is 7.37. The zero-order valence-corrected chi connectivity index (χ0v) is 12.3. The fourth-order valence-electron chi connectivity index (χ4n) is 1.80. The third-order valence-corrected chi connectivity index (χ3v) is 2.88. The van der Waals surface area contributed by atoms with Gasteiger partial charge in [-0.25, -0.2) is 4.79 Å². The number of anilines is 1. The summed E-state index contributed by atoms with van der Waals surface area (Å²) < 4.78 is 4.86. The molecule has 0 N–H and O–H groups in total. The van der Waals surface area contributed by atoms with Crippen molar-refractivity contribution in [1.82, 2.24) is 0 Å². The topological polar surface area (TPSA) is 89.8 Å². The van der Waals surface area contributed by atoms with Crippen molar-refractivity contribution in [2.24, 2.45) is 0 Å². The minimum Gasteiger partial charge on any atom is -0.462 e. The first-order valence-electron chi connectivity index (χ1n) is 6.64. The van der Waals surface area contributed by atoms with Gasteiger partial charge in [-0.2, -0.15) is 0 Å². The molecule has 0 aliphatic heterocycles. The molecule has 21 heavy (non-hydrogen) atoms. The molecule has 0 fully saturated rings. The van der Waals surface area contributed by atoms with Crippen molar-refractivity contribution in [3.8, 4) is 0 Å². The Kier molecular flexibility index (Phi) is 5.83. The van der Waals surface area contributed by atoms with E-state index < -0.39 is 10.9 Å². The first-order valence-corrected chi connectivity index (χ1v) is 6.64. The molecule has 1 aromatic rings. The maximum absolute atomic E-state index is 11.9. The van der Waals surface area contributed by atoms with Gasteiger partial charge in [-0.15, -0.1) is 0 Å². The number of amides is 1. The molecule has 1 amide bonds. The summed E-state index contributed by atoms with van der Waals surface area (Å²) in [4.78, 5) is 35.3. The average Bonchev–Trinajstić information content (AvgIpc) is 2.46. The van der Waals surface area contributed by atoms with Crippen LogP contribution in [0.2, 0.25) is 0 Å². The van der Waals surface area contributed by atoms with Crippen LogP contribution in [-0.4, -0.2) is 30.5 Å². The highest BCUT2D eigenvalue weighted by molar-refractivity contribution is 5.98. The van der Waals surface area contributed by atoms with E-state index in [4.69, 9.17) is 4.74 Å². The van der Waals surface area contributed by atoms with Gasteiger partial charge in [-0.05, 0) is 25.5 Å². The summed E-state index contributed by atoms with van der Waals surface area (Å²) in [6, 6.07) is 3.83. The molecule has 0 spiro atoms. The molecule has 0 saturated heterocycles. The standard InChI is InChI=1S/C14H18N2O5/c1-4-6-13(17)15(3)12-9-10(14(18)21-5-2)7-8-11(12)16(19)20/h7-9H,4-6H2,1-3H3. The third kappa shape index (κ3) is 4.01. The lowest BCUT2D eigenvalue weighted by molar-refractivity contribution is -0.384. The summed E-state index contributed by atoms with van der Waals surface area (Å²) in [5.74, 6) is -0.827. The average molecular weight is 294 g/mol. The first-order chi connectivity index (χ1) is 9.92. The van der Waals surface area contributed by atoms with Gasteiger partial charge in [0, 0.05) is 19.5 Å². The molecule has 1 rings (SSSR count). The van der Waals surface area contributed by atoms with Crippen LogP contribution in [-0.2, 0) is 9.53 Å². The van der Waals surface area contributed by atoms with Crippen LogP contribution in [0.4, 0.5) is 11.4 Å². The number of hydrogen-bond donors (Lipinski definition) is 0. The zero-order chi connectivity index (χ0) is 16.0. The number of ether oxygens (including phenoxy) is 1. The number of carbonyl (C=O) groups excluding carboxylic acids is 2. The monoisotopic (exact) mass is 294 g/mol. The molecular formula is C14H18N2O5. The number of esters is 1. The highest BCUT2D eigenvalue weighted by Crippen LogP contribution is 2.29. The van der Waals surface area contributed by atoms with E-state index in [1.54, 1.807) is 6.92 Å². The SMILES string of the molecule is CCCC(=O)N(C)c1cc(C(=O)OCC)ccc1[N+](=O)[O-]. The summed E-state index contributed by atoms with van der Waals surface area (Å²) in [6.45, 7) is 3.71. The number of nitro benzene ring substituents is 1. The van der Waals surface area contributed by atoms with Crippen molar-refractivity contribution in [3.05, 3.63) is 33.9 Å². The number of benzene rings is 1. The Bertz CT molecular complexity index is 556. The third-order valence-electron chi connectivity index (χ3n) is 2.88. The molecular weight excluding hydrogens is 276 g/mol. The van der Waals surface area contributed by atoms with Crippen LogP contribution < -0.4 is 4.90 Å². The molecule has 0 saturated carbocycles. The lowest BCUT2D eigenvalue weighted by Gasteiger charge is -2.17. The first kappa shape index (κ1) is 16.6. The van der Waals surface area contributed by atoms with Crippen LogP contribution in [0.1, 0.15) is 37.0 Å². The van der Waals surface area contributed by atoms with Crippen molar-refractivity contribution in [3.63, 3.8) is 0 Å². The largest absolute Gasteiger partial charge is 0.462 e. The number of hydrogen-bond acceptors (Lipinski definition) is 5. The Hall–Kier alpha value is -2.44. The van der Waals surface area contributed by atoms with Gasteiger partial charge in [0.05, 0.1) is 17.1 Å². The van der Waals surface area contributed by atoms with Crippen LogP contribution in [0.5, 0.6) is 0 Å². The van der Waals surface area contributed by atoms with Crippen LogP contribution in [0, 0.1) is 10.1 Å². The minimum atomic E-state index is -0.583. The molecule has 0 unspecified atom stereocenters. The molecule has 0 atom stereocenters. The Balaban J connectivity index is 3.24. The Morgan fingerprint density at radius 1 is 1.33 bits per heavy atom. The van der Waals surface area contributed by atoms with Crippen molar-refractivity contribution in [2.75, 3.05) is 18.6 Å². The van der Waals surface area contributed by atoms with Crippen molar-refractivity contribution in [1.29, 1.82) is 0 Å². The van der Waals surface area contributed by atoms with Gasteiger partial charge in [0.1, 0.15) is 5.69 Å². The maximum Gasteiger partial charge on any atom is 0.338 e. The Labute approximate surface area is 122 Å². The predicted octanol–water partition coefficient (Wildman–Crippen LogP) is 2.53. The normalized spacial score (nSPS) is 10.0. The van der Waals surface area contributed by atoms with E-state index in [2.05, 4.69) is 0 Å². The smallest absolute Gasteiger partial charge is 0.338 e. The van der Waals surface area contributed by atoms with Gasteiger partial charge in [0.15, 0.2) is 0 Å². The van der Waals surface area contributed by atoms with Gasteiger partial charge in [0.25, 0.3) is 5.69 Å². The van der Waals surface area contributed by atoms with E-state index in [0.29, 0.717) is 6.42 Å². The fraction of sp³-hybridized carbons (Fsp3) is 0.429. The van der Waals surface area contributed by atoms with Gasteiger partial charge < -0.3 is 9.64 Å². The number of carbonyl (C=O) groups is 2. The molecule has 0 heterocycles. The van der Waals surface area contributed by atoms with E-state index in [9.17, 15) is 19.7 Å². The van der Waals surface area contributed by atoms with Gasteiger partial charge in [-0.3, -0.25) is 14.9 Å². The highest BCUT2D eigenvalue weighted by Gasteiger charge is 2.23. The van der Waals surface area contributed by atoms with Crippen molar-refractivity contribution in [2.45, 2.75) is 26.7 Å². The molecule has 1 aromatic carbocycles. The van der Waals surface area contributed by atoms with E-state index in [1.165, 1.54) is 30.1 Å². The summed E-state index contributed by atoms with van der Waals surface area (Å²) in [5, 5.41) is 11.1. The molecule has 7 nitrogen and oxygen atoms in total. The van der Waals surface area contributed by atoms with E-state index in [1.807, 2.05) is 6.92 Å². The Morgan fingerprint density at radius 3 is 2.52 bits per heavy atom. The summed E-state index contributed by atoms with van der Waals surface area (Å²) in [7, 11) is 1.45. The molecule has 0 aliphatic rings. The predicted molar refractivity (Wildman–Crippen MR) is 77.4 cm³/mol. The Morgan fingerprint density at radius 2 is 2.00 bits per heavy atom. The summed E-state index contributed by atoms with van der Waals surface area (Å²) >= 11 is 0. The van der Waals surface area contributed by atoms with Gasteiger partial charge in [-0.1, -0.05) is 6.92 Å². The zero-order valence-electron chi connectivity index (χ0n) is 12.3. The van der Waals surface area contributed by atoms with E-state index in [0.717, 1.165) is 0 Å². The van der Waals surface area contributed by atoms with Crippen molar-refractivity contribution >= 4 is 23.3 Å². The quantitative estimate of drug-likeness (QED) is 0.457. The maximum atomic E-state index is 11.9. The lowest BCUT2D eigenvalue weighted by atomic mass is 10.1. The van der Waals surface area contributed by atoms with Gasteiger partial charge in [0.2, 0.25) is 5.91 Å². The minimum absolute atomic E-state index is 0.0870. The van der Waals surface area contributed by atoms with Crippen LogP contribution in [0.25, 0.3) is 0 Å². The van der Waals surface area contributed by atoms with Gasteiger partial charge >= 0.3 is 5.97 Å². The number of rotatable bonds is 6. The lowest BCUT2D eigenvalue weighted by Crippen LogP contribution is -2.26. The molecule has 0 bridgehead atoms. The molecule has 0 radical (unpaired) electrons. The van der Waals surface area contributed by atoms with E-state index in [-0.39, 0.29) is 35.9 Å². The molecule has 0 aliphatic carbocycles. The summed E-state index contributed by atoms with van der Waals surface area (Å²) in [5.41, 5.74) is 0.0348. The van der Waals surface area contributed by atoms with Crippen molar-refractivity contribution < 1.29 is 19.2 Å². The van der Waals surface area contributed by atoms with Crippen LogP contribution in [0.3, 0.4) is 0 Å². The highest BCUT2D eigenvalue weighted by atomic mass is 16.6. The van der Waals surface area contributed by atoms with Crippen LogP contribution >= 0.6 is 0 Å². The summed E-state index contributed by atoms with van der Waals surface area (Å²) in [6.07, 6.45) is 0.909. The second-order valence-corrected chi connectivity index (χ2v) is 4.38.